The normalized spacial score (nSPS) is 12.6. The minimum Gasteiger partial charge on any atom is -0.493 e. The van der Waals surface area contributed by atoms with Crippen molar-refractivity contribution in [2.24, 2.45) is 0 Å². The summed E-state index contributed by atoms with van der Waals surface area (Å²) in [4.78, 5) is 11.9. The molecule has 1 aliphatic rings. The van der Waals surface area contributed by atoms with E-state index >= 15 is 0 Å². The summed E-state index contributed by atoms with van der Waals surface area (Å²) < 4.78 is 18.5. The molecule has 0 saturated carbocycles. The summed E-state index contributed by atoms with van der Waals surface area (Å²) in [6, 6.07) is 11.8. The minimum absolute atomic E-state index is 0.251. The van der Waals surface area contributed by atoms with Gasteiger partial charge in [-0.05, 0) is 41.8 Å². The van der Waals surface area contributed by atoms with Crippen molar-refractivity contribution < 1.29 is 13.9 Å². The van der Waals surface area contributed by atoms with Crippen molar-refractivity contribution in [3.05, 3.63) is 65.0 Å². The van der Waals surface area contributed by atoms with E-state index in [0.29, 0.717) is 12.1 Å². The monoisotopic (exact) mass is 285 g/mol. The second-order valence-electron chi connectivity index (χ2n) is 5.06. The zero-order chi connectivity index (χ0) is 14.7. The molecule has 3 rings (SSSR count). The van der Waals surface area contributed by atoms with E-state index in [9.17, 15) is 9.18 Å². The predicted octanol–water partition coefficient (Wildman–Crippen LogP) is 2.73. The van der Waals surface area contributed by atoms with E-state index in [1.807, 2.05) is 12.1 Å². The molecule has 1 amide bonds. The van der Waals surface area contributed by atoms with Gasteiger partial charge in [-0.25, -0.2) is 4.39 Å². The van der Waals surface area contributed by atoms with E-state index < -0.39 is 5.82 Å². The van der Waals surface area contributed by atoms with Crippen molar-refractivity contribution in [1.29, 1.82) is 0 Å². The lowest BCUT2D eigenvalue weighted by atomic mass is 10.1. The Hall–Kier alpha value is -2.36. The van der Waals surface area contributed by atoms with Crippen LogP contribution in [0.25, 0.3) is 0 Å². The summed E-state index contributed by atoms with van der Waals surface area (Å²) in [5, 5.41) is 2.81. The number of carbonyl (C=O) groups excluding carboxylic acids is 1. The van der Waals surface area contributed by atoms with Crippen molar-refractivity contribution in [2.75, 3.05) is 13.2 Å². The number of ether oxygens (including phenoxy) is 1. The number of amides is 1. The molecule has 1 aliphatic heterocycles. The van der Waals surface area contributed by atoms with E-state index in [1.54, 1.807) is 6.07 Å². The van der Waals surface area contributed by atoms with Crippen LogP contribution in [0.2, 0.25) is 0 Å². The molecule has 0 aliphatic carbocycles. The Kier molecular flexibility index (Phi) is 3.86. The van der Waals surface area contributed by atoms with Crippen LogP contribution in [-0.2, 0) is 12.8 Å². The Morgan fingerprint density at radius 1 is 1.24 bits per heavy atom. The summed E-state index contributed by atoms with van der Waals surface area (Å²) in [5.74, 6) is 0.308. The van der Waals surface area contributed by atoms with Crippen LogP contribution >= 0.6 is 0 Å². The fourth-order valence-electron chi connectivity index (χ4n) is 2.45. The second-order valence-corrected chi connectivity index (χ2v) is 5.06. The summed E-state index contributed by atoms with van der Waals surface area (Å²) in [6.07, 6.45) is 1.69. The molecule has 108 valence electrons. The lowest BCUT2D eigenvalue weighted by Crippen LogP contribution is -2.25. The molecule has 4 heteroatoms. The number of nitrogens with one attached hydrogen (secondary N) is 1. The van der Waals surface area contributed by atoms with E-state index in [1.165, 1.54) is 29.3 Å². The Morgan fingerprint density at radius 3 is 3.00 bits per heavy atom. The quantitative estimate of drug-likeness (QED) is 0.938. The number of halogens is 1. The van der Waals surface area contributed by atoms with E-state index in [0.717, 1.165) is 25.2 Å². The SMILES string of the molecule is O=C(NCCc1ccc2c(c1)CCO2)c1cccc(F)c1. The van der Waals surface area contributed by atoms with Crippen LogP contribution in [-0.4, -0.2) is 19.1 Å². The Balaban J connectivity index is 1.55. The number of benzene rings is 2. The van der Waals surface area contributed by atoms with Crippen molar-refractivity contribution >= 4 is 5.91 Å². The van der Waals surface area contributed by atoms with Gasteiger partial charge < -0.3 is 10.1 Å². The zero-order valence-electron chi connectivity index (χ0n) is 11.6. The van der Waals surface area contributed by atoms with Crippen LogP contribution in [0.1, 0.15) is 21.5 Å². The molecule has 2 aromatic rings. The van der Waals surface area contributed by atoms with Gasteiger partial charge in [0, 0.05) is 18.5 Å². The number of hydrogen-bond acceptors (Lipinski definition) is 2. The molecule has 0 atom stereocenters. The van der Waals surface area contributed by atoms with Gasteiger partial charge in [0.15, 0.2) is 0 Å². The molecule has 1 heterocycles. The van der Waals surface area contributed by atoms with Crippen molar-refractivity contribution in [1.82, 2.24) is 5.32 Å². The predicted molar refractivity (Wildman–Crippen MR) is 78.1 cm³/mol. The topological polar surface area (TPSA) is 38.3 Å². The molecular weight excluding hydrogens is 269 g/mol. The van der Waals surface area contributed by atoms with Crippen molar-refractivity contribution in [2.45, 2.75) is 12.8 Å². The first-order valence-electron chi connectivity index (χ1n) is 7.01. The highest BCUT2D eigenvalue weighted by Gasteiger charge is 2.12. The molecule has 0 unspecified atom stereocenters. The maximum absolute atomic E-state index is 13.0. The summed E-state index contributed by atoms with van der Waals surface area (Å²) in [6.45, 7) is 1.27. The maximum atomic E-state index is 13.0. The van der Waals surface area contributed by atoms with E-state index in [4.69, 9.17) is 4.74 Å². The van der Waals surface area contributed by atoms with Crippen molar-refractivity contribution in [3.8, 4) is 5.75 Å². The van der Waals surface area contributed by atoms with Crippen molar-refractivity contribution in [3.63, 3.8) is 0 Å². The molecule has 0 spiro atoms. The van der Waals surface area contributed by atoms with Crippen LogP contribution in [0.5, 0.6) is 5.75 Å². The molecule has 0 saturated heterocycles. The minimum atomic E-state index is -0.402. The molecule has 3 nitrogen and oxygen atoms in total. The van der Waals surface area contributed by atoms with Gasteiger partial charge >= 0.3 is 0 Å². The first-order chi connectivity index (χ1) is 10.2. The average molecular weight is 285 g/mol. The molecule has 0 radical (unpaired) electrons. The smallest absolute Gasteiger partial charge is 0.251 e. The molecule has 0 fully saturated rings. The van der Waals surface area contributed by atoms with Crippen LogP contribution in [0, 0.1) is 5.82 Å². The fourth-order valence-corrected chi connectivity index (χ4v) is 2.45. The van der Waals surface area contributed by atoms with Crippen LogP contribution in [0.15, 0.2) is 42.5 Å². The molecule has 21 heavy (non-hydrogen) atoms. The number of fused-ring (bicyclic) bond motifs is 1. The standard InChI is InChI=1S/C17H16FNO2/c18-15-3-1-2-14(11-15)17(20)19-8-6-12-4-5-16-13(10-12)7-9-21-16/h1-5,10-11H,6-9H2,(H,19,20). The van der Waals surface area contributed by atoms with Gasteiger partial charge in [-0.2, -0.15) is 0 Å². The second kappa shape index (κ2) is 5.95. The van der Waals surface area contributed by atoms with Crippen LogP contribution in [0.3, 0.4) is 0 Å². The zero-order valence-corrected chi connectivity index (χ0v) is 11.6. The van der Waals surface area contributed by atoms with Crippen LogP contribution in [0.4, 0.5) is 4.39 Å². The molecular formula is C17H16FNO2. The first kappa shape index (κ1) is 13.6. The Morgan fingerprint density at radius 2 is 2.14 bits per heavy atom. The van der Waals surface area contributed by atoms with Gasteiger partial charge in [0.05, 0.1) is 6.61 Å². The molecule has 0 aromatic heterocycles. The third-order valence-electron chi connectivity index (χ3n) is 3.54. The van der Waals surface area contributed by atoms with Gasteiger partial charge in [0.2, 0.25) is 0 Å². The van der Waals surface area contributed by atoms with Crippen LogP contribution < -0.4 is 10.1 Å². The van der Waals surface area contributed by atoms with E-state index in [2.05, 4.69) is 11.4 Å². The van der Waals surface area contributed by atoms with Gasteiger partial charge in [-0.1, -0.05) is 18.2 Å². The third-order valence-corrected chi connectivity index (χ3v) is 3.54. The average Bonchev–Trinajstić information content (AvgIpc) is 2.94. The highest BCUT2D eigenvalue weighted by Crippen LogP contribution is 2.25. The van der Waals surface area contributed by atoms with E-state index in [-0.39, 0.29) is 5.91 Å². The summed E-state index contributed by atoms with van der Waals surface area (Å²) in [7, 11) is 0. The molecule has 0 bridgehead atoms. The maximum Gasteiger partial charge on any atom is 0.251 e. The Bertz CT molecular complexity index is 670. The lowest BCUT2D eigenvalue weighted by molar-refractivity contribution is 0.0953. The number of hydrogen-bond donors (Lipinski definition) is 1. The first-order valence-corrected chi connectivity index (χ1v) is 7.01. The Labute approximate surface area is 122 Å². The van der Waals surface area contributed by atoms with Gasteiger partial charge in [-0.3, -0.25) is 4.79 Å². The molecule has 2 aromatic carbocycles. The highest BCUT2D eigenvalue weighted by atomic mass is 19.1. The fraction of sp³-hybridized carbons (Fsp3) is 0.235. The lowest BCUT2D eigenvalue weighted by Gasteiger charge is -2.07. The van der Waals surface area contributed by atoms with Gasteiger partial charge in [0.1, 0.15) is 11.6 Å². The largest absolute Gasteiger partial charge is 0.493 e. The van der Waals surface area contributed by atoms with Gasteiger partial charge in [-0.15, -0.1) is 0 Å². The summed E-state index contributed by atoms with van der Waals surface area (Å²) >= 11 is 0. The molecule has 1 N–H and O–H groups in total. The highest BCUT2D eigenvalue weighted by molar-refractivity contribution is 5.94. The number of rotatable bonds is 4. The number of carbonyl (C=O) groups is 1. The summed E-state index contributed by atoms with van der Waals surface area (Å²) in [5.41, 5.74) is 2.74. The van der Waals surface area contributed by atoms with Gasteiger partial charge in [0.25, 0.3) is 5.91 Å². The third kappa shape index (κ3) is 3.21.